The quantitative estimate of drug-likeness (QED) is 0.809. The Morgan fingerprint density at radius 3 is 2.28 bits per heavy atom. The van der Waals surface area contributed by atoms with Crippen LogP contribution in [0.3, 0.4) is 0 Å². The van der Waals surface area contributed by atoms with E-state index in [-0.39, 0.29) is 12.0 Å². The molecule has 0 heterocycles. The Morgan fingerprint density at radius 1 is 1.22 bits per heavy atom. The SMILES string of the molecule is COC(C)CCc1ccc(CC(C)C(=O)O)cc1. The van der Waals surface area contributed by atoms with Crippen LogP contribution in [0.25, 0.3) is 0 Å². The van der Waals surface area contributed by atoms with Gasteiger partial charge in [-0.3, -0.25) is 4.79 Å². The second-order valence-corrected chi connectivity index (χ2v) is 4.84. The minimum Gasteiger partial charge on any atom is -0.481 e. The molecule has 1 aromatic rings. The van der Waals surface area contributed by atoms with Crippen LogP contribution in [0.15, 0.2) is 24.3 Å². The van der Waals surface area contributed by atoms with Crippen LogP contribution >= 0.6 is 0 Å². The monoisotopic (exact) mass is 250 g/mol. The van der Waals surface area contributed by atoms with Crippen molar-refractivity contribution >= 4 is 5.97 Å². The molecule has 2 unspecified atom stereocenters. The summed E-state index contributed by atoms with van der Waals surface area (Å²) in [4.78, 5) is 10.8. The van der Waals surface area contributed by atoms with Gasteiger partial charge >= 0.3 is 5.97 Å². The number of hydrogen-bond acceptors (Lipinski definition) is 2. The predicted molar refractivity (Wildman–Crippen MR) is 71.7 cm³/mol. The van der Waals surface area contributed by atoms with Crippen molar-refractivity contribution in [3.63, 3.8) is 0 Å². The van der Waals surface area contributed by atoms with Gasteiger partial charge in [-0.2, -0.15) is 0 Å². The van der Waals surface area contributed by atoms with E-state index in [0.717, 1.165) is 18.4 Å². The summed E-state index contributed by atoms with van der Waals surface area (Å²) in [5.74, 6) is -1.07. The zero-order valence-electron chi connectivity index (χ0n) is 11.3. The van der Waals surface area contributed by atoms with Crippen LogP contribution in [-0.2, 0) is 22.4 Å². The predicted octanol–water partition coefficient (Wildman–Crippen LogP) is 2.92. The molecule has 0 bridgehead atoms. The fraction of sp³-hybridized carbons (Fsp3) is 0.533. The minimum atomic E-state index is -0.743. The molecule has 0 fully saturated rings. The second-order valence-electron chi connectivity index (χ2n) is 4.84. The Balaban J connectivity index is 2.49. The molecule has 0 aromatic heterocycles. The molecular formula is C15H22O3. The van der Waals surface area contributed by atoms with Gasteiger partial charge in [-0.25, -0.2) is 0 Å². The highest BCUT2D eigenvalue weighted by Gasteiger charge is 2.11. The van der Waals surface area contributed by atoms with Crippen molar-refractivity contribution in [1.29, 1.82) is 0 Å². The van der Waals surface area contributed by atoms with E-state index in [2.05, 4.69) is 19.1 Å². The topological polar surface area (TPSA) is 46.5 Å². The lowest BCUT2D eigenvalue weighted by molar-refractivity contribution is -0.141. The summed E-state index contributed by atoms with van der Waals surface area (Å²) < 4.78 is 5.21. The third-order valence-electron chi connectivity index (χ3n) is 3.23. The largest absolute Gasteiger partial charge is 0.481 e. The van der Waals surface area contributed by atoms with Gasteiger partial charge in [-0.15, -0.1) is 0 Å². The molecule has 0 aliphatic carbocycles. The molecule has 2 atom stereocenters. The van der Waals surface area contributed by atoms with Gasteiger partial charge in [0.15, 0.2) is 0 Å². The third-order valence-corrected chi connectivity index (χ3v) is 3.23. The Hall–Kier alpha value is -1.35. The van der Waals surface area contributed by atoms with Crippen molar-refractivity contribution in [3.05, 3.63) is 35.4 Å². The summed E-state index contributed by atoms with van der Waals surface area (Å²) >= 11 is 0. The number of aliphatic carboxylic acids is 1. The van der Waals surface area contributed by atoms with Crippen LogP contribution in [-0.4, -0.2) is 24.3 Å². The zero-order chi connectivity index (χ0) is 13.5. The summed E-state index contributed by atoms with van der Waals surface area (Å²) in [6.07, 6.45) is 2.85. The van der Waals surface area contributed by atoms with E-state index in [9.17, 15) is 4.79 Å². The van der Waals surface area contributed by atoms with Crippen molar-refractivity contribution in [2.45, 2.75) is 39.2 Å². The first-order chi connectivity index (χ1) is 8.52. The Kier molecular flexibility index (Phi) is 5.86. The number of methoxy groups -OCH3 is 1. The molecule has 3 nitrogen and oxygen atoms in total. The summed E-state index contributed by atoms with van der Waals surface area (Å²) in [7, 11) is 1.72. The molecule has 0 aliphatic rings. The summed E-state index contributed by atoms with van der Waals surface area (Å²) in [6, 6.07) is 8.19. The maximum absolute atomic E-state index is 10.8. The number of hydrogen-bond donors (Lipinski definition) is 1. The van der Waals surface area contributed by atoms with Gasteiger partial charge in [-0.05, 0) is 37.3 Å². The molecule has 0 aliphatic heterocycles. The molecule has 0 saturated carbocycles. The smallest absolute Gasteiger partial charge is 0.306 e. The fourth-order valence-corrected chi connectivity index (χ4v) is 1.77. The molecule has 100 valence electrons. The number of carboxylic acid groups (broad SMARTS) is 1. The Labute approximate surface area is 109 Å². The zero-order valence-corrected chi connectivity index (χ0v) is 11.3. The summed E-state index contributed by atoms with van der Waals surface area (Å²) in [5, 5.41) is 8.86. The molecule has 1 aromatic carbocycles. The first kappa shape index (κ1) is 14.7. The normalized spacial score (nSPS) is 14.2. The summed E-state index contributed by atoms with van der Waals surface area (Å²) in [5.41, 5.74) is 2.35. The number of benzene rings is 1. The molecule has 18 heavy (non-hydrogen) atoms. The molecule has 3 heteroatoms. The van der Waals surface area contributed by atoms with Gasteiger partial charge in [0.25, 0.3) is 0 Å². The van der Waals surface area contributed by atoms with Crippen molar-refractivity contribution in [1.82, 2.24) is 0 Å². The van der Waals surface area contributed by atoms with Gasteiger partial charge in [0.2, 0.25) is 0 Å². The van der Waals surface area contributed by atoms with E-state index < -0.39 is 5.97 Å². The highest BCUT2D eigenvalue weighted by Crippen LogP contribution is 2.12. The van der Waals surface area contributed by atoms with Crippen molar-refractivity contribution in [2.24, 2.45) is 5.92 Å². The number of aryl methyl sites for hydroxylation is 1. The molecular weight excluding hydrogens is 228 g/mol. The molecule has 1 N–H and O–H groups in total. The highest BCUT2D eigenvalue weighted by atomic mass is 16.5. The van der Waals surface area contributed by atoms with Gasteiger partial charge < -0.3 is 9.84 Å². The standard InChI is InChI=1S/C15H22O3/c1-11(15(16)17)10-14-8-6-13(7-9-14)5-4-12(2)18-3/h6-9,11-12H,4-5,10H2,1-3H3,(H,16,17). The average molecular weight is 250 g/mol. The van der Waals surface area contributed by atoms with Gasteiger partial charge in [0.05, 0.1) is 12.0 Å². The molecule has 0 saturated heterocycles. The molecule has 0 radical (unpaired) electrons. The van der Waals surface area contributed by atoms with E-state index >= 15 is 0 Å². The van der Waals surface area contributed by atoms with Crippen LogP contribution in [0, 0.1) is 5.92 Å². The van der Waals surface area contributed by atoms with Crippen LogP contribution in [0.1, 0.15) is 31.4 Å². The van der Waals surface area contributed by atoms with Crippen molar-refractivity contribution in [2.75, 3.05) is 7.11 Å². The number of ether oxygens (including phenoxy) is 1. The lowest BCUT2D eigenvalue weighted by Crippen LogP contribution is -2.12. The highest BCUT2D eigenvalue weighted by molar-refractivity contribution is 5.69. The maximum atomic E-state index is 10.8. The third kappa shape index (κ3) is 4.88. The second kappa shape index (κ2) is 7.17. The summed E-state index contributed by atoms with van der Waals surface area (Å²) in [6.45, 7) is 3.79. The average Bonchev–Trinajstić information content (AvgIpc) is 2.37. The van der Waals surface area contributed by atoms with Crippen molar-refractivity contribution < 1.29 is 14.6 Å². The molecule has 1 rings (SSSR count). The fourth-order valence-electron chi connectivity index (χ4n) is 1.77. The number of carbonyl (C=O) groups is 1. The van der Waals surface area contributed by atoms with E-state index in [1.807, 2.05) is 12.1 Å². The Bertz CT molecular complexity index is 370. The van der Waals surface area contributed by atoms with E-state index in [4.69, 9.17) is 9.84 Å². The van der Waals surface area contributed by atoms with Crippen LogP contribution in [0.4, 0.5) is 0 Å². The maximum Gasteiger partial charge on any atom is 0.306 e. The minimum absolute atomic E-state index is 0.275. The van der Waals surface area contributed by atoms with Crippen molar-refractivity contribution in [3.8, 4) is 0 Å². The first-order valence-electron chi connectivity index (χ1n) is 6.36. The van der Waals surface area contributed by atoms with E-state index in [1.165, 1.54) is 5.56 Å². The van der Waals surface area contributed by atoms with Crippen LogP contribution in [0.5, 0.6) is 0 Å². The Morgan fingerprint density at radius 2 is 1.78 bits per heavy atom. The van der Waals surface area contributed by atoms with Gasteiger partial charge in [0.1, 0.15) is 0 Å². The van der Waals surface area contributed by atoms with Crippen LogP contribution < -0.4 is 0 Å². The lowest BCUT2D eigenvalue weighted by Gasteiger charge is -2.10. The van der Waals surface area contributed by atoms with E-state index in [0.29, 0.717) is 6.42 Å². The van der Waals surface area contributed by atoms with Gasteiger partial charge in [-0.1, -0.05) is 31.2 Å². The number of carboxylic acids is 1. The molecule has 0 amide bonds. The first-order valence-corrected chi connectivity index (χ1v) is 6.36. The van der Waals surface area contributed by atoms with Gasteiger partial charge in [0, 0.05) is 7.11 Å². The molecule has 0 spiro atoms. The van der Waals surface area contributed by atoms with Crippen LogP contribution in [0.2, 0.25) is 0 Å². The number of rotatable bonds is 7. The van der Waals surface area contributed by atoms with E-state index in [1.54, 1.807) is 14.0 Å². The lowest BCUT2D eigenvalue weighted by atomic mass is 9.99.